The molecule has 0 aliphatic rings. The van der Waals surface area contributed by atoms with Crippen LogP contribution in [0.2, 0.25) is 0 Å². The molecule has 0 aliphatic carbocycles. The zero-order valence-electron chi connectivity index (χ0n) is 20.6. The van der Waals surface area contributed by atoms with Gasteiger partial charge in [0.25, 0.3) is 5.91 Å². The van der Waals surface area contributed by atoms with E-state index in [1.165, 1.54) is 0 Å². The minimum absolute atomic E-state index is 0.240. The van der Waals surface area contributed by atoms with Crippen LogP contribution >= 0.6 is 0 Å². The third kappa shape index (κ3) is 5.25. The number of amides is 1. The largest absolute Gasteiger partial charge is 0.497 e. The van der Waals surface area contributed by atoms with Gasteiger partial charge in [-0.15, -0.1) is 0 Å². The highest BCUT2D eigenvalue weighted by Gasteiger charge is 2.17. The number of esters is 1. The Bertz CT molecular complexity index is 1390. The number of rotatable bonds is 8. The Morgan fingerprint density at radius 2 is 1.67 bits per heavy atom. The molecule has 0 spiro atoms. The molecule has 4 aromatic rings. The highest BCUT2D eigenvalue weighted by molar-refractivity contribution is 6.05. The second kappa shape index (κ2) is 10.8. The van der Waals surface area contributed by atoms with Gasteiger partial charge < -0.3 is 23.9 Å². The van der Waals surface area contributed by atoms with Crippen LogP contribution in [0.3, 0.4) is 0 Å². The van der Waals surface area contributed by atoms with Crippen molar-refractivity contribution in [2.24, 2.45) is 0 Å². The fourth-order valence-corrected chi connectivity index (χ4v) is 3.82. The molecular formula is C29H27NO6. The molecule has 1 aromatic heterocycles. The number of carbonyl (C=O) groups is 2. The molecule has 0 radical (unpaired) electrons. The summed E-state index contributed by atoms with van der Waals surface area (Å²) < 4.78 is 21.6. The van der Waals surface area contributed by atoms with Gasteiger partial charge in [-0.2, -0.15) is 0 Å². The SMILES string of the molecule is CCOC(=O)c1cc(-c2ccc(NC(=O)c3cccc(-c4ccc(OC)cc4OC)c3)cc2)oc1C. The van der Waals surface area contributed by atoms with Crippen molar-refractivity contribution >= 4 is 17.6 Å². The Morgan fingerprint density at radius 3 is 2.36 bits per heavy atom. The molecule has 0 fully saturated rings. The van der Waals surface area contributed by atoms with Crippen molar-refractivity contribution in [3.05, 3.63) is 89.7 Å². The Hall–Kier alpha value is -4.52. The molecule has 1 amide bonds. The molecule has 0 saturated carbocycles. The van der Waals surface area contributed by atoms with E-state index in [-0.39, 0.29) is 5.91 Å². The zero-order chi connectivity index (χ0) is 25.7. The van der Waals surface area contributed by atoms with Crippen LogP contribution in [0, 0.1) is 6.92 Å². The number of hydrogen-bond acceptors (Lipinski definition) is 6. The van der Waals surface area contributed by atoms with Crippen molar-refractivity contribution in [2.75, 3.05) is 26.1 Å². The van der Waals surface area contributed by atoms with E-state index in [0.717, 1.165) is 16.7 Å². The summed E-state index contributed by atoms with van der Waals surface area (Å²) in [5.41, 5.74) is 4.02. The van der Waals surface area contributed by atoms with Crippen LogP contribution in [-0.4, -0.2) is 32.7 Å². The number of ether oxygens (including phenoxy) is 3. The van der Waals surface area contributed by atoms with Crippen LogP contribution < -0.4 is 14.8 Å². The lowest BCUT2D eigenvalue weighted by Gasteiger charge is -2.12. The average Bonchev–Trinajstić information content (AvgIpc) is 3.30. The predicted octanol–water partition coefficient (Wildman–Crippen LogP) is 6.37. The average molecular weight is 486 g/mol. The van der Waals surface area contributed by atoms with E-state index in [4.69, 9.17) is 18.6 Å². The second-order valence-corrected chi connectivity index (χ2v) is 7.98. The van der Waals surface area contributed by atoms with Crippen molar-refractivity contribution in [3.63, 3.8) is 0 Å². The van der Waals surface area contributed by atoms with Crippen LogP contribution in [-0.2, 0) is 4.74 Å². The zero-order valence-corrected chi connectivity index (χ0v) is 20.6. The standard InChI is InChI=1S/C29H27NO6/c1-5-35-29(32)25-17-26(36-18(25)2)19-9-11-22(12-10-19)30-28(31)21-8-6-7-20(15-21)24-14-13-23(33-3)16-27(24)34-4/h6-17H,5H2,1-4H3,(H,30,31). The third-order valence-electron chi connectivity index (χ3n) is 5.68. The van der Waals surface area contributed by atoms with E-state index in [1.54, 1.807) is 58.4 Å². The molecule has 0 aliphatic heterocycles. The summed E-state index contributed by atoms with van der Waals surface area (Å²) in [7, 11) is 3.20. The molecule has 0 bridgehead atoms. The van der Waals surface area contributed by atoms with Gasteiger partial charge in [-0.1, -0.05) is 12.1 Å². The minimum Gasteiger partial charge on any atom is -0.497 e. The highest BCUT2D eigenvalue weighted by atomic mass is 16.5. The van der Waals surface area contributed by atoms with Crippen molar-refractivity contribution in [3.8, 4) is 33.9 Å². The van der Waals surface area contributed by atoms with E-state index in [0.29, 0.717) is 46.4 Å². The summed E-state index contributed by atoms with van der Waals surface area (Å²) in [6, 6.07) is 21.8. The summed E-state index contributed by atoms with van der Waals surface area (Å²) in [6.45, 7) is 3.77. The number of furan rings is 1. The summed E-state index contributed by atoms with van der Waals surface area (Å²) in [4.78, 5) is 25.0. The number of aryl methyl sites for hydroxylation is 1. The van der Waals surface area contributed by atoms with Gasteiger partial charge in [-0.05, 0) is 74.0 Å². The maximum atomic E-state index is 13.0. The molecule has 7 nitrogen and oxygen atoms in total. The van der Waals surface area contributed by atoms with Gasteiger partial charge >= 0.3 is 5.97 Å². The van der Waals surface area contributed by atoms with Crippen LogP contribution in [0.25, 0.3) is 22.5 Å². The van der Waals surface area contributed by atoms with Crippen molar-refractivity contribution in [1.29, 1.82) is 0 Å². The number of nitrogens with one attached hydrogen (secondary N) is 1. The van der Waals surface area contributed by atoms with E-state index in [1.807, 2.05) is 42.5 Å². The molecule has 3 aromatic carbocycles. The monoisotopic (exact) mass is 485 g/mol. The molecule has 0 saturated heterocycles. The molecule has 1 heterocycles. The number of methoxy groups -OCH3 is 2. The number of benzene rings is 3. The lowest BCUT2D eigenvalue weighted by Crippen LogP contribution is -2.11. The first kappa shape index (κ1) is 24.6. The van der Waals surface area contributed by atoms with Gasteiger partial charge in [-0.3, -0.25) is 4.79 Å². The van der Waals surface area contributed by atoms with Gasteiger partial charge in [0.15, 0.2) is 0 Å². The Labute approximate surface area is 209 Å². The normalized spacial score (nSPS) is 10.6. The summed E-state index contributed by atoms with van der Waals surface area (Å²) in [5, 5.41) is 2.92. The quantitative estimate of drug-likeness (QED) is 0.292. The first-order chi connectivity index (χ1) is 17.4. The van der Waals surface area contributed by atoms with E-state index in [2.05, 4.69) is 5.32 Å². The van der Waals surface area contributed by atoms with Crippen LogP contribution in [0.1, 0.15) is 33.4 Å². The Balaban J connectivity index is 1.50. The predicted molar refractivity (Wildman–Crippen MR) is 138 cm³/mol. The topological polar surface area (TPSA) is 87.0 Å². The van der Waals surface area contributed by atoms with Gasteiger partial charge in [0, 0.05) is 28.4 Å². The molecule has 0 unspecified atom stereocenters. The molecule has 7 heteroatoms. The molecule has 0 atom stereocenters. The lowest BCUT2D eigenvalue weighted by atomic mass is 10.0. The maximum absolute atomic E-state index is 13.0. The van der Waals surface area contributed by atoms with Crippen LogP contribution in [0.15, 0.2) is 77.2 Å². The van der Waals surface area contributed by atoms with Gasteiger partial charge in [0.2, 0.25) is 0 Å². The van der Waals surface area contributed by atoms with Gasteiger partial charge in [-0.25, -0.2) is 4.79 Å². The first-order valence-electron chi connectivity index (χ1n) is 11.4. The van der Waals surface area contributed by atoms with E-state index < -0.39 is 5.97 Å². The Kier molecular flexibility index (Phi) is 7.39. The van der Waals surface area contributed by atoms with Crippen molar-refractivity contribution in [1.82, 2.24) is 0 Å². The van der Waals surface area contributed by atoms with E-state index in [9.17, 15) is 9.59 Å². The Morgan fingerprint density at radius 1 is 0.889 bits per heavy atom. The fourth-order valence-electron chi connectivity index (χ4n) is 3.82. The molecule has 36 heavy (non-hydrogen) atoms. The summed E-state index contributed by atoms with van der Waals surface area (Å²) in [5.74, 6) is 1.74. The van der Waals surface area contributed by atoms with Crippen LogP contribution in [0.5, 0.6) is 11.5 Å². The molecular weight excluding hydrogens is 458 g/mol. The molecule has 1 N–H and O–H groups in total. The number of anilines is 1. The van der Waals surface area contributed by atoms with Crippen molar-refractivity contribution in [2.45, 2.75) is 13.8 Å². The second-order valence-electron chi connectivity index (χ2n) is 7.98. The highest BCUT2D eigenvalue weighted by Crippen LogP contribution is 2.34. The van der Waals surface area contributed by atoms with E-state index >= 15 is 0 Å². The number of carbonyl (C=O) groups excluding carboxylic acids is 2. The van der Waals surface area contributed by atoms with Crippen LogP contribution in [0.4, 0.5) is 5.69 Å². The number of hydrogen-bond donors (Lipinski definition) is 1. The smallest absolute Gasteiger partial charge is 0.341 e. The molecule has 4 rings (SSSR count). The first-order valence-corrected chi connectivity index (χ1v) is 11.4. The summed E-state index contributed by atoms with van der Waals surface area (Å²) in [6.07, 6.45) is 0. The van der Waals surface area contributed by atoms with Gasteiger partial charge in [0.05, 0.1) is 20.8 Å². The fraction of sp³-hybridized carbons (Fsp3) is 0.172. The van der Waals surface area contributed by atoms with Crippen molar-refractivity contribution < 1.29 is 28.2 Å². The lowest BCUT2D eigenvalue weighted by molar-refractivity contribution is 0.0524. The molecule has 184 valence electrons. The maximum Gasteiger partial charge on any atom is 0.341 e. The third-order valence-corrected chi connectivity index (χ3v) is 5.68. The minimum atomic E-state index is -0.414. The van der Waals surface area contributed by atoms with Gasteiger partial charge in [0.1, 0.15) is 28.6 Å². The summed E-state index contributed by atoms with van der Waals surface area (Å²) >= 11 is 0.